The molecule has 0 aromatic heterocycles. The van der Waals surface area contributed by atoms with E-state index in [9.17, 15) is 8.42 Å². The number of benzene rings is 2. The molecular weight excluding hydrogens is 423 g/mol. The van der Waals surface area contributed by atoms with Crippen molar-refractivity contribution in [2.75, 3.05) is 18.4 Å². The summed E-state index contributed by atoms with van der Waals surface area (Å²) in [7, 11) is -2.52. The summed E-state index contributed by atoms with van der Waals surface area (Å²) in [4.78, 5) is 4.53. The fourth-order valence-corrected chi connectivity index (χ4v) is 4.56. The summed E-state index contributed by atoms with van der Waals surface area (Å²) in [6.45, 7) is 4.55. The van der Waals surface area contributed by atoms with E-state index in [1.165, 1.54) is 25.3 Å². The van der Waals surface area contributed by atoms with Gasteiger partial charge in [-0.15, -0.1) is 0 Å². The summed E-state index contributed by atoms with van der Waals surface area (Å²) in [5.74, 6) is 1.02. The first-order valence-electron chi connectivity index (χ1n) is 8.58. The molecule has 2 aromatic carbocycles. The molecule has 1 atom stereocenters. The topological polar surface area (TPSA) is 77.0 Å². The van der Waals surface area contributed by atoms with Gasteiger partial charge in [0, 0.05) is 10.0 Å². The van der Waals surface area contributed by atoms with Gasteiger partial charge >= 0.3 is 0 Å². The number of para-hydroxylation sites is 1. The lowest BCUT2D eigenvalue weighted by Gasteiger charge is -2.16. The minimum Gasteiger partial charge on any atom is -0.495 e. The normalized spacial score (nSPS) is 16.6. The van der Waals surface area contributed by atoms with Gasteiger partial charge < -0.3 is 9.47 Å². The van der Waals surface area contributed by atoms with E-state index < -0.39 is 10.0 Å². The Morgan fingerprint density at radius 3 is 2.46 bits per heavy atom. The zero-order valence-electron chi connectivity index (χ0n) is 15.6. The average molecular weight is 443 g/mol. The van der Waals surface area contributed by atoms with Crippen LogP contribution in [-0.2, 0) is 14.8 Å². The highest BCUT2D eigenvalue weighted by Gasteiger charge is 2.27. The number of anilines is 1. The number of sulfonamides is 1. The predicted octanol–water partition coefficient (Wildman–Crippen LogP) is 4.60. The fourth-order valence-electron chi connectivity index (χ4n) is 2.74. The minimum absolute atomic E-state index is 0.0115. The number of hydrogen-bond donors (Lipinski definition) is 1. The lowest BCUT2D eigenvalue weighted by Crippen LogP contribution is -2.17. The number of aliphatic imine (C=N–C) groups is 1. The van der Waals surface area contributed by atoms with Crippen molar-refractivity contribution >= 4 is 44.8 Å². The number of nitrogens with one attached hydrogen (secondary N) is 1. The Labute approximate surface area is 174 Å². The standard InChI is InChI=1S/C19H20Cl2N2O4S/c1-11(2)16-10-27-19(22-16)15-5-4-6-17(26-3)18(15)23-28(24,25)14-8-12(20)7-13(21)9-14/h4-9,11,16,23H,10H2,1-3H3/t16-/m1/s1. The van der Waals surface area contributed by atoms with Crippen molar-refractivity contribution in [3.05, 3.63) is 52.0 Å². The van der Waals surface area contributed by atoms with Gasteiger partial charge in [-0.25, -0.2) is 13.4 Å². The van der Waals surface area contributed by atoms with Gasteiger partial charge in [0.05, 0.1) is 23.6 Å². The Bertz CT molecular complexity index is 1000. The highest BCUT2D eigenvalue weighted by atomic mass is 35.5. The van der Waals surface area contributed by atoms with Gasteiger partial charge in [-0.3, -0.25) is 4.72 Å². The number of hydrogen-bond acceptors (Lipinski definition) is 5. The van der Waals surface area contributed by atoms with E-state index in [1.807, 2.05) is 0 Å². The zero-order chi connectivity index (χ0) is 20.5. The van der Waals surface area contributed by atoms with E-state index in [4.69, 9.17) is 32.7 Å². The third kappa shape index (κ3) is 4.37. The third-order valence-corrected chi connectivity index (χ3v) is 6.07. The molecule has 0 radical (unpaired) electrons. The van der Waals surface area contributed by atoms with Gasteiger partial charge in [0.2, 0.25) is 5.90 Å². The molecule has 9 heteroatoms. The molecule has 0 unspecified atom stereocenters. The van der Waals surface area contributed by atoms with Crippen molar-refractivity contribution < 1.29 is 17.9 Å². The maximum Gasteiger partial charge on any atom is 0.262 e. The monoisotopic (exact) mass is 442 g/mol. The van der Waals surface area contributed by atoms with Crippen molar-refractivity contribution in [3.63, 3.8) is 0 Å². The summed E-state index contributed by atoms with van der Waals surface area (Å²) >= 11 is 11.9. The van der Waals surface area contributed by atoms with Crippen LogP contribution in [0.15, 0.2) is 46.3 Å². The molecule has 0 saturated carbocycles. The van der Waals surface area contributed by atoms with Gasteiger partial charge in [-0.1, -0.05) is 43.1 Å². The molecule has 0 amide bonds. The average Bonchev–Trinajstić information content (AvgIpc) is 3.11. The molecule has 0 bridgehead atoms. The van der Waals surface area contributed by atoms with Crippen LogP contribution >= 0.6 is 23.2 Å². The number of halogens is 2. The fraction of sp³-hybridized carbons (Fsp3) is 0.316. The van der Waals surface area contributed by atoms with Crippen LogP contribution in [0.1, 0.15) is 19.4 Å². The Morgan fingerprint density at radius 2 is 1.89 bits per heavy atom. The van der Waals surface area contributed by atoms with Gasteiger partial charge in [0.1, 0.15) is 18.0 Å². The molecule has 150 valence electrons. The number of nitrogens with zero attached hydrogens (tertiary/aromatic N) is 1. The molecular formula is C19H20Cl2N2O4S. The Morgan fingerprint density at radius 1 is 1.21 bits per heavy atom. The summed E-state index contributed by atoms with van der Waals surface area (Å²) in [6.07, 6.45) is 0. The summed E-state index contributed by atoms with van der Waals surface area (Å²) in [5, 5.41) is 0.438. The molecule has 0 saturated heterocycles. The van der Waals surface area contributed by atoms with Crippen LogP contribution in [0.4, 0.5) is 5.69 Å². The van der Waals surface area contributed by atoms with Gasteiger partial charge in [0.15, 0.2) is 0 Å². The van der Waals surface area contributed by atoms with E-state index in [0.29, 0.717) is 29.7 Å². The molecule has 6 nitrogen and oxygen atoms in total. The SMILES string of the molecule is COc1cccc(C2=N[C@@H](C(C)C)CO2)c1NS(=O)(=O)c1cc(Cl)cc(Cl)c1. The second kappa shape index (κ2) is 8.19. The van der Waals surface area contributed by atoms with Gasteiger partial charge in [-0.2, -0.15) is 0 Å². The highest BCUT2D eigenvalue weighted by Crippen LogP contribution is 2.34. The van der Waals surface area contributed by atoms with Crippen LogP contribution in [0.25, 0.3) is 0 Å². The van der Waals surface area contributed by atoms with Gasteiger partial charge in [-0.05, 0) is 36.2 Å². The molecule has 1 aliphatic rings. The highest BCUT2D eigenvalue weighted by molar-refractivity contribution is 7.92. The second-order valence-electron chi connectivity index (χ2n) is 6.65. The first-order valence-corrected chi connectivity index (χ1v) is 10.8. The van der Waals surface area contributed by atoms with Crippen molar-refractivity contribution in [1.82, 2.24) is 0 Å². The van der Waals surface area contributed by atoms with E-state index in [0.717, 1.165) is 0 Å². The molecule has 1 aliphatic heterocycles. The molecule has 0 aliphatic carbocycles. The molecule has 3 rings (SSSR count). The van der Waals surface area contributed by atoms with Crippen molar-refractivity contribution in [2.24, 2.45) is 10.9 Å². The smallest absolute Gasteiger partial charge is 0.262 e. The summed E-state index contributed by atoms with van der Waals surface area (Å²) < 4.78 is 39.6. The molecule has 1 heterocycles. The van der Waals surface area contributed by atoms with Crippen molar-refractivity contribution in [2.45, 2.75) is 24.8 Å². The largest absolute Gasteiger partial charge is 0.495 e. The molecule has 1 N–H and O–H groups in total. The van der Waals surface area contributed by atoms with Crippen LogP contribution in [0, 0.1) is 5.92 Å². The number of methoxy groups -OCH3 is 1. The van der Waals surface area contributed by atoms with Gasteiger partial charge in [0.25, 0.3) is 10.0 Å². The van der Waals surface area contributed by atoms with Crippen molar-refractivity contribution in [3.8, 4) is 5.75 Å². The summed E-state index contributed by atoms with van der Waals surface area (Å²) in [5.41, 5.74) is 0.739. The maximum atomic E-state index is 12.9. The summed E-state index contributed by atoms with van der Waals surface area (Å²) in [6, 6.07) is 9.25. The van der Waals surface area contributed by atoms with E-state index >= 15 is 0 Å². The van der Waals surface area contributed by atoms with Crippen LogP contribution in [0.3, 0.4) is 0 Å². The Balaban J connectivity index is 2.05. The number of rotatable bonds is 6. The van der Waals surface area contributed by atoms with E-state index in [-0.39, 0.29) is 26.7 Å². The predicted molar refractivity (Wildman–Crippen MR) is 111 cm³/mol. The van der Waals surface area contributed by atoms with Crippen LogP contribution < -0.4 is 9.46 Å². The lowest BCUT2D eigenvalue weighted by atomic mass is 10.1. The van der Waals surface area contributed by atoms with E-state index in [1.54, 1.807) is 18.2 Å². The Hall–Kier alpha value is -1.96. The maximum absolute atomic E-state index is 12.9. The first-order chi connectivity index (χ1) is 13.2. The molecule has 2 aromatic rings. The van der Waals surface area contributed by atoms with Crippen LogP contribution in [0.5, 0.6) is 5.75 Å². The van der Waals surface area contributed by atoms with E-state index in [2.05, 4.69) is 23.6 Å². The second-order valence-corrected chi connectivity index (χ2v) is 9.21. The molecule has 0 fully saturated rings. The zero-order valence-corrected chi connectivity index (χ0v) is 17.9. The molecule has 28 heavy (non-hydrogen) atoms. The lowest BCUT2D eigenvalue weighted by molar-refractivity contribution is 0.292. The first kappa shape index (κ1) is 20.8. The quantitative estimate of drug-likeness (QED) is 0.708. The number of ether oxygens (including phenoxy) is 2. The van der Waals surface area contributed by atoms with Crippen molar-refractivity contribution in [1.29, 1.82) is 0 Å². The molecule has 0 spiro atoms. The minimum atomic E-state index is -3.98. The third-order valence-electron chi connectivity index (χ3n) is 4.30. The Kier molecular flexibility index (Phi) is 6.07. The van der Waals surface area contributed by atoms with Crippen LogP contribution in [0.2, 0.25) is 10.0 Å². The van der Waals surface area contributed by atoms with Crippen LogP contribution in [-0.4, -0.2) is 34.1 Å².